The lowest BCUT2D eigenvalue weighted by molar-refractivity contribution is -0.146. The molecule has 5 nitrogen and oxygen atoms in total. The van der Waals surface area contributed by atoms with E-state index in [4.69, 9.17) is 4.74 Å². The van der Waals surface area contributed by atoms with Gasteiger partial charge >= 0.3 is 5.97 Å². The third-order valence-electron chi connectivity index (χ3n) is 5.87. The Kier molecular flexibility index (Phi) is 6.95. The van der Waals surface area contributed by atoms with Crippen molar-refractivity contribution in [1.82, 2.24) is 9.88 Å². The van der Waals surface area contributed by atoms with E-state index in [1.165, 1.54) is 0 Å². The molecule has 0 bridgehead atoms. The summed E-state index contributed by atoms with van der Waals surface area (Å²) in [7, 11) is 0. The van der Waals surface area contributed by atoms with Gasteiger partial charge in [-0.3, -0.25) is 14.7 Å². The second-order valence-electron chi connectivity index (χ2n) is 7.97. The Bertz CT molecular complexity index is 961. The van der Waals surface area contributed by atoms with E-state index in [1.54, 1.807) is 6.20 Å². The minimum absolute atomic E-state index is 0.0422. The lowest BCUT2D eigenvalue weighted by Crippen LogP contribution is -2.47. The highest BCUT2D eigenvalue weighted by atomic mass is 16.5. The molecule has 0 aliphatic carbocycles. The van der Waals surface area contributed by atoms with Crippen LogP contribution in [0, 0.1) is 0 Å². The number of rotatable bonds is 8. The largest absolute Gasteiger partial charge is 0.489 e. The third-order valence-corrected chi connectivity index (χ3v) is 5.87. The second-order valence-corrected chi connectivity index (χ2v) is 7.97. The molecule has 2 unspecified atom stereocenters. The molecule has 2 heterocycles. The van der Waals surface area contributed by atoms with Crippen molar-refractivity contribution in [3.63, 3.8) is 0 Å². The molecular formula is C26H28N2O3. The maximum atomic E-state index is 11.9. The molecule has 0 amide bonds. The van der Waals surface area contributed by atoms with Crippen molar-refractivity contribution >= 4 is 5.97 Å². The molecule has 160 valence electrons. The number of carboxylic acids is 1. The van der Waals surface area contributed by atoms with Crippen LogP contribution in [-0.2, 0) is 17.8 Å². The summed E-state index contributed by atoms with van der Waals surface area (Å²) in [5.41, 5.74) is 3.18. The average Bonchev–Trinajstić information content (AvgIpc) is 2.83. The Morgan fingerprint density at radius 3 is 2.52 bits per heavy atom. The minimum Gasteiger partial charge on any atom is -0.489 e. The monoisotopic (exact) mass is 416 g/mol. The number of carboxylic acid groups (broad SMARTS) is 1. The zero-order valence-electron chi connectivity index (χ0n) is 17.6. The maximum absolute atomic E-state index is 11.9. The summed E-state index contributed by atoms with van der Waals surface area (Å²) in [6.07, 6.45) is 5.12. The molecular weight excluding hydrogens is 388 g/mol. The molecule has 0 spiro atoms. The molecule has 5 heteroatoms. The predicted molar refractivity (Wildman–Crippen MR) is 120 cm³/mol. The third kappa shape index (κ3) is 5.50. The van der Waals surface area contributed by atoms with Gasteiger partial charge in [0.05, 0.1) is 0 Å². The lowest BCUT2D eigenvalue weighted by Gasteiger charge is -2.39. The summed E-state index contributed by atoms with van der Waals surface area (Å²) in [4.78, 5) is 18.6. The van der Waals surface area contributed by atoms with E-state index in [-0.39, 0.29) is 6.04 Å². The first-order valence-corrected chi connectivity index (χ1v) is 10.9. The summed E-state index contributed by atoms with van der Waals surface area (Å²) in [5.74, 6) is 0.0613. The zero-order chi connectivity index (χ0) is 21.5. The number of ether oxygens (including phenoxy) is 1. The highest BCUT2D eigenvalue weighted by molar-refractivity contribution is 5.73. The van der Waals surface area contributed by atoms with Crippen molar-refractivity contribution in [1.29, 1.82) is 0 Å². The van der Waals surface area contributed by atoms with Gasteiger partial charge in [-0.25, -0.2) is 0 Å². The van der Waals surface area contributed by atoms with E-state index in [2.05, 4.69) is 22.0 Å². The molecule has 1 aliphatic rings. The van der Waals surface area contributed by atoms with E-state index in [1.807, 2.05) is 60.7 Å². The molecule has 4 rings (SSSR count). The molecule has 0 saturated carbocycles. The number of aromatic nitrogens is 1. The maximum Gasteiger partial charge on any atom is 0.320 e. The molecule has 1 N–H and O–H groups in total. The van der Waals surface area contributed by atoms with Gasteiger partial charge in [-0.1, -0.05) is 55.0 Å². The number of piperidine rings is 1. The van der Waals surface area contributed by atoms with Gasteiger partial charge in [-0.05, 0) is 54.8 Å². The highest BCUT2D eigenvalue weighted by Crippen LogP contribution is 2.32. The smallest absolute Gasteiger partial charge is 0.320 e. The quantitative estimate of drug-likeness (QED) is 0.567. The SMILES string of the molecule is O=C(O)C1CCCCN1C(Cc1ccccn1)c1ccc(OCc2ccccc2)cc1. The first kappa shape index (κ1) is 21.1. The molecule has 1 fully saturated rings. The van der Waals surface area contributed by atoms with Crippen molar-refractivity contribution < 1.29 is 14.6 Å². The van der Waals surface area contributed by atoms with Gasteiger partial charge in [-0.2, -0.15) is 0 Å². The average molecular weight is 417 g/mol. The molecule has 2 atom stereocenters. The Morgan fingerprint density at radius 1 is 1.03 bits per heavy atom. The predicted octanol–water partition coefficient (Wildman–Crippen LogP) is 4.88. The summed E-state index contributed by atoms with van der Waals surface area (Å²) < 4.78 is 5.93. The van der Waals surface area contributed by atoms with Crippen molar-refractivity contribution in [2.24, 2.45) is 0 Å². The van der Waals surface area contributed by atoms with Gasteiger partial charge in [0.2, 0.25) is 0 Å². The molecule has 1 saturated heterocycles. The topological polar surface area (TPSA) is 62.7 Å². The zero-order valence-corrected chi connectivity index (χ0v) is 17.6. The number of hydrogen-bond acceptors (Lipinski definition) is 4. The second kappa shape index (κ2) is 10.2. The number of benzene rings is 2. The number of carbonyl (C=O) groups is 1. The molecule has 2 aromatic carbocycles. The van der Waals surface area contributed by atoms with Crippen LogP contribution in [0.2, 0.25) is 0 Å². The van der Waals surface area contributed by atoms with E-state index in [9.17, 15) is 9.90 Å². The van der Waals surface area contributed by atoms with Crippen molar-refractivity contribution in [3.05, 3.63) is 95.8 Å². The van der Waals surface area contributed by atoms with Crippen molar-refractivity contribution in [2.75, 3.05) is 6.54 Å². The Balaban J connectivity index is 1.54. The Morgan fingerprint density at radius 2 is 1.81 bits per heavy atom. The van der Waals surface area contributed by atoms with Crippen LogP contribution in [0.15, 0.2) is 79.0 Å². The first-order chi connectivity index (χ1) is 15.2. The number of pyridine rings is 1. The molecule has 3 aromatic rings. The van der Waals surface area contributed by atoms with Crippen LogP contribution in [0.5, 0.6) is 5.75 Å². The fourth-order valence-electron chi connectivity index (χ4n) is 4.26. The van der Waals surface area contributed by atoms with E-state index >= 15 is 0 Å². The fraction of sp³-hybridized carbons (Fsp3) is 0.308. The van der Waals surface area contributed by atoms with Crippen molar-refractivity contribution in [2.45, 2.75) is 44.4 Å². The van der Waals surface area contributed by atoms with E-state index < -0.39 is 12.0 Å². The number of aliphatic carboxylic acids is 1. The van der Waals surface area contributed by atoms with E-state index in [0.717, 1.165) is 42.0 Å². The van der Waals surface area contributed by atoms with Crippen LogP contribution < -0.4 is 4.74 Å². The minimum atomic E-state index is -0.742. The summed E-state index contributed by atoms with van der Waals surface area (Å²) in [5, 5.41) is 9.82. The normalized spacial score (nSPS) is 17.7. The molecule has 1 aliphatic heterocycles. The van der Waals surface area contributed by atoms with Crippen LogP contribution in [0.25, 0.3) is 0 Å². The Hall–Kier alpha value is -3.18. The van der Waals surface area contributed by atoms with Crippen LogP contribution in [0.1, 0.15) is 42.1 Å². The van der Waals surface area contributed by atoms with E-state index in [0.29, 0.717) is 19.4 Å². The summed E-state index contributed by atoms with van der Waals surface area (Å²) in [6, 6.07) is 23.5. The molecule has 0 radical (unpaired) electrons. The summed E-state index contributed by atoms with van der Waals surface area (Å²) >= 11 is 0. The Labute approximate surface area is 183 Å². The highest BCUT2D eigenvalue weighted by Gasteiger charge is 2.34. The van der Waals surface area contributed by atoms with Crippen LogP contribution in [-0.4, -0.2) is 33.5 Å². The summed E-state index contributed by atoms with van der Waals surface area (Å²) in [6.45, 7) is 1.30. The van der Waals surface area contributed by atoms with Gasteiger partial charge in [-0.15, -0.1) is 0 Å². The lowest BCUT2D eigenvalue weighted by atomic mass is 9.93. The van der Waals surface area contributed by atoms with Gasteiger partial charge < -0.3 is 9.84 Å². The van der Waals surface area contributed by atoms with Gasteiger partial charge in [0.15, 0.2) is 0 Å². The molecule has 31 heavy (non-hydrogen) atoms. The number of nitrogens with zero attached hydrogens (tertiary/aromatic N) is 2. The van der Waals surface area contributed by atoms with Crippen molar-refractivity contribution in [3.8, 4) is 5.75 Å². The fourth-order valence-corrected chi connectivity index (χ4v) is 4.26. The van der Waals surface area contributed by atoms with Gasteiger partial charge in [0.1, 0.15) is 18.4 Å². The van der Waals surface area contributed by atoms with Gasteiger partial charge in [0, 0.05) is 24.4 Å². The molecule has 1 aromatic heterocycles. The number of likely N-dealkylation sites (tertiary alicyclic amines) is 1. The van der Waals surface area contributed by atoms with Gasteiger partial charge in [0.25, 0.3) is 0 Å². The van der Waals surface area contributed by atoms with Crippen LogP contribution in [0.4, 0.5) is 0 Å². The standard InChI is InChI=1S/C26H28N2O3/c29-26(30)24-11-5-7-17-28(24)25(18-22-10-4-6-16-27-22)21-12-14-23(15-13-21)31-19-20-8-2-1-3-9-20/h1-4,6,8-10,12-16,24-25H,5,7,11,17-19H2,(H,29,30). The van der Waals surface area contributed by atoms with Crippen LogP contribution >= 0.6 is 0 Å². The van der Waals surface area contributed by atoms with Crippen LogP contribution in [0.3, 0.4) is 0 Å². The number of hydrogen-bond donors (Lipinski definition) is 1. The first-order valence-electron chi connectivity index (χ1n) is 10.9.